The third-order valence-electron chi connectivity index (χ3n) is 7.38. The maximum Gasteiger partial charge on any atom is 0.414 e. The minimum absolute atomic E-state index is 0.379. The Kier molecular flexibility index (Phi) is 6.47. The standard InChI is InChI=1S/C26H24ClNO2.C2H2O4/c27-20-8-6-19(7-9-20)26(29)13-21-10-11-22(14-26)28(21)15-18-16-30-24-12-5-17-3-1-2-4-23(17)25(18)24;3-1(4)2(5)6/h1-9,12,16,21-22,29H,10-11,13-15H2;(H,3,4)(H,5,6)/t21-,22+,26?;. The first-order valence-electron chi connectivity index (χ1n) is 11.8. The van der Waals surface area contributed by atoms with Gasteiger partial charge in [-0.25, -0.2) is 9.59 Å². The van der Waals surface area contributed by atoms with Gasteiger partial charge in [-0.05, 0) is 60.2 Å². The van der Waals surface area contributed by atoms with E-state index in [1.54, 1.807) is 0 Å². The summed E-state index contributed by atoms with van der Waals surface area (Å²) >= 11 is 6.06. The zero-order valence-corrected chi connectivity index (χ0v) is 20.2. The first-order valence-corrected chi connectivity index (χ1v) is 12.2. The Hall–Kier alpha value is -3.39. The summed E-state index contributed by atoms with van der Waals surface area (Å²) in [7, 11) is 0. The van der Waals surface area contributed by atoms with Crippen molar-refractivity contribution in [3.8, 4) is 0 Å². The molecule has 2 aliphatic rings. The van der Waals surface area contributed by atoms with E-state index in [0.29, 0.717) is 17.1 Å². The maximum atomic E-state index is 11.5. The lowest BCUT2D eigenvalue weighted by atomic mass is 9.80. The predicted molar refractivity (Wildman–Crippen MR) is 136 cm³/mol. The van der Waals surface area contributed by atoms with Gasteiger partial charge in [0.05, 0.1) is 11.9 Å². The number of carboxylic acids is 2. The Labute approximate surface area is 212 Å². The van der Waals surface area contributed by atoms with E-state index in [1.165, 1.54) is 21.7 Å². The molecule has 0 spiro atoms. The Bertz CT molecular complexity index is 1400. The zero-order valence-electron chi connectivity index (χ0n) is 19.4. The van der Waals surface area contributed by atoms with E-state index in [2.05, 4.69) is 41.3 Å². The van der Waals surface area contributed by atoms with E-state index >= 15 is 0 Å². The van der Waals surface area contributed by atoms with Gasteiger partial charge in [0.15, 0.2) is 0 Å². The number of aliphatic hydroxyl groups is 1. The van der Waals surface area contributed by atoms with E-state index < -0.39 is 17.5 Å². The Balaban J connectivity index is 0.000000400. The molecule has 7 nitrogen and oxygen atoms in total. The van der Waals surface area contributed by atoms with Gasteiger partial charge in [0, 0.05) is 34.6 Å². The lowest BCUT2D eigenvalue weighted by molar-refractivity contribution is -0.159. The fraction of sp³-hybridized carbons (Fsp3) is 0.286. The van der Waals surface area contributed by atoms with Gasteiger partial charge in [-0.2, -0.15) is 0 Å². The number of hydrogen-bond acceptors (Lipinski definition) is 5. The molecule has 2 fully saturated rings. The average Bonchev–Trinajstić information content (AvgIpc) is 3.38. The van der Waals surface area contributed by atoms with Gasteiger partial charge in [-0.3, -0.25) is 4.90 Å². The van der Waals surface area contributed by atoms with Crippen molar-refractivity contribution in [1.29, 1.82) is 0 Å². The summed E-state index contributed by atoms with van der Waals surface area (Å²) in [6.45, 7) is 0.868. The van der Waals surface area contributed by atoms with Crippen molar-refractivity contribution < 1.29 is 29.3 Å². The lowest BCUT2D eigenvalue weighted by Gasteiger charge is -2.44. The van der Waals surface area contributed by atoms with Crippen molar-refractivity contribution in [2.24, 2.45) is 0 Å². The monoisotopic (exact) mass is 507 g/mol. The summed E-state index contributed by atoms with van der Waals surface area (Å²) in [4.78, 5) is 20.8. The SMILES string of the molecule is O=C(O)C(=O)O.OC1(c2ccc(Cl)cc2)C[C@H]2CC[C@@H](C1)N2Cc1coc2ccc3ccccc3c12. The van der Waals surface area contributed by atoms with Gasteiger partial charge in [0.1, 0.15) is 5.58 Å². The van der Waals surface area contributed by atoms with Crippen LogP contribution in [0.5, 0.6) is 0 Å². The fourth-order valence-corrected chi connectivity index (χ4v) is 5.88. The molecule has 0 radical (unpaired) electrons. The molecular weight excluding hydrogens is 482 g/mol. The molecule has 2 aliphatic heterocycles. The highest BCUT2D eigenvalue weighted by Crippen LogP contribution is 2.47. The van der Waals surface area contributed by atoms with Gasteiger partial charge in [-0.1, -0.05) is 54.1 Å². The summed E-state index contributed by atoms with van der Waals surface area (Å²) in [5.74, 6) is -3.65. The van der Waals surface area contributed by atoms with Crippen LogP contribution >= 0.6 is 11.6 Å². The Morgan fingerprint density at radius 1 is 0.944 bits per heavy atom. The van der Waals surface area contributed by atoms with Crippen molar-refractivity contribution in [3.05, 3.63) is 83.1 Å². The average molecular weight is 508 g/mol. The van der Waals surface area contributed by atoms with Gasteiger partial charge in [0.25, 0.3) is 0 Å². The van der Waals surface area contributed by atoms with Crippen molar-refractivity contribution in [1.82, 2.24) is 4.90 Å². The van der Waals surface area contributed by atoms with E-state index in [1.807, 2.05) is 30.5 Å². The third kappa shape index (κ3) is 4.57. The number of hydrogen-bond donors (Lipinski definition) is 3. The van der Waals surface area contributed by atoms with Crippen LogP contribution in [-0.4, -0.2) is 44.2 Å². The number of benzene rings is 3. The first kappa shape index (κ1) is 24.3. The third-order valence-corrected chi connectivity index (χ3v) is 7.63. The molecule has 2 bridgehead atoms. The van der Waals surface area contributed by atoms with Crippen molar-refractivity contribution in [2.45, 2.75) is 49.9 Å². The van der Waals surface area contributed by atoms with Gasteiger partial charge < -0.3 is 19.7 Å². The number of halogens is 1. The van der Waals surface area contributed by atoms with Crippen LogP contribution in [-0.2, 0) is 21.7 Å². The maximum absolute atomic E-state index is 11.5. The van der Waals surface area contributed by atoms with E-state index in [4.69, 9.17) is 35.8 Å². The van der Waals surface area contributed by atoms with Crippen LogP contribution in [0.2, 0.25) is 5.02 Å². The fourth-order valence-electron chi connectivity index (χ4n) is 5.76. The van der Waals surface area contributed by atoms with Crippen LogP contribution in [0.25, 0.3) is 21.7 Å². The van der Waals surface area contributed by atoms with Gasteiger partial charge in [-0.15, -0.1) is 0 Å². The van der Waals surface area contributed by atoms with Crippen LogP contribution in [0.1, 0.15) is 36.8 Å². The van der Waals surface area contributed by atoms with Crippen molar-refractivity contribution >= 4 is 45.3 Å². The highest BCUT2D eigenvalue weighted by atomic mass is 35.5. The molecule has 1 unspecified atom stereocenters. The van der Waals surface area contributed by atoms with Gasteiger partial charge >= 0.3 is 11.9 Å². The van der Waals surface area contributed by atoms with Crippen LogP contribution in [0.4, 0.5) is 0 Å². The second-order valence-electron chi connectivity index (χ2n) is 9.54. The minimum atomic E-state index is -1.82. The summed E-state index contributed by atoms with van der Waals surface area (Å²) in [5, 5.41) is 30.7. The largest absolute Gasteiger partial charge is 0.473 e. The Morgan fingerprint density at radius 2 is 1.58 bits per heavy atom. The molecule has 0 aliphatic carbocycles. The molecular formula is C28H26ClNO6. The summed E-state index contributed by atoms with van der Waals surface area (Å²) < 4.78 is 5.92. The summed E-state index contributed by atoms with van der Waals surface area (Å²) in [5.41, 5.74) is 2.42. The number of furan rings is 1. The first-order chi connectivity index (χ1) is 17.2. The minimum Gasteiger partial charge on any atom is -0.473 e. The second-order valence-corrected chi connectivity index (χ2v) is 9.97. The highest BCUT2D eigenvalue weighted by molar-refractivity contribution is 6.30. The molecule has 0 saturated carbocycles. The molecule has 8 heteroatoms. The van der Waals surface area contributed by atoms with Crippen LogP contribution in [0.15, 0.2) is 71.3 Å². The highest BCUT2D eigenvalue weighted by Gasteiger charge is 2.48. The lowest BCUT2D eigenvalue weighted by Crippen LogP contribution is -2.49. The van der Waals surface area contributed by atoms with Gasteiger partial charge in [0.2, 0.25) is 0 Å². The smallest absolute Gasteiger partial charge is 0.414 e. The Morgan fingerprint density at radius 3 is 2.22 bits per heavy atom. The molecule has 186 valence electrons. The van der Waals surface area contributed by atoms with E-state index in [9.17, 15) is 5.11 Å². The van der Waals surface area contributed by atoms with Crippen molar-refractivity contribution in [2.75, 3.05) is 0 Å². The van der Waals surface area contributed by atoms with Crippen molar-refractivity contribution in [3.63, 3.8) is 0 Å². The zero-order chi connectivity index (χ0) is 25.4. The number of fused-ring (bicyclic) bond motifs is 5. The number of aliphatic carboxylic acids is 2. The molecule has 36 heavy (non-hydrogen) atoms. The van der Waals surface area contributed by atoms with E-state index in [-0.39, 0.29) is 0 Å². The number of nitrogens with zero attached hydrogens (tertiary/aromatic N) is 1. The molecule has 1 aromatic heterocycles. The molecule has 0 amide bonds. The molecule has 3 N–H and O–H groups in total. The molecule has 3 atom stereocenters. The quantitative estimate of drug-likeness (QED) is 0.318. The topological polar surface area (TPSA) is 111 Å². The molecule has 4 aromatic rings. The van der Waals surface area contributed by atoms with Crippen LogP contribution in [0.3, 0.4) is 0 Å². The summed E-state index contributed by atoms with van der Waals surface area (Å²) in [6, 6.07) is 21.2. The number of carbonyl (C=O) groups is 2. The normalized spacial score (nSPS) is 23.4. The molecule has 6 rings (SSSR count). The molecule has 2 saturated heterocycles. The predicted octanol–water partition coefficient (Wildman–Crippen LogP) is 5.41. The number of piperidine rings is 1. The summed E-state index contributed by atoms with van der Waals surface area (Å²) in [6.07, 6.45) is 5.73. The second kappa shape index (κ2) is 9.58. The van der Waals surface area contributed by atoms with Crippen LogP contribution < -0.4 is 0 Å². The number of rotatable bonds is 3. The number of carboxylic acid groups (broad SMARTS) is 2. The van der Waals surface area contributed by atoms with E-state index in [0.717, 1.165) is 43.4 Å². The van der Waals surface area contributed by atoms with Crippen LogP contribution in [0, 0.1) is 0 Å². The molecule has 3 aromatic carbocycles. The molecule has 3 heterocycles.